The molecule has 4 heterocycles. The first-order chi connectivity index (χ1) is 17.4. The van der Waals surface area contributed by atoms with E-state index >= 15 is 0 Å². The third-order valence-corrected chi connectivity index (χ3v) is 7.03. The van der Waals surface area contributed by atoms with Crippen molar-refractivity contribution in [3.8, 4) is 0 Å². The average Bonchev–Trinajstić information content (AvgIpc) is 2.89. The van der Waals surface area contributed by atoms with Crippen LogP contribution >= 0.6 is 0 Å². The van der Waals surface area contributed by atoms with Crippen LogP contribution in [-0.4, -0.2) is 77.8 Å². The number of hydrogen-bond acceptors (Lipinski definition) is 8. The zero-order chi connectivity index (χ0) is 25.8. The fourth-order valence-corrected chi connectivity index (χ4v) is 5.03. The topological polar surface area (TPSA) is 81.6 Å². The maximum absolute atomic E-state index is 13.3. The lowest BCUT2D eigenvalue weighted by Gasteiger charge is -2.40. The Morgan fingerprint density at radius 3 is 2.25 bits per heavy atom. The highest BCUT2D eigenvalue weighted by atomic mass is 16.1. The van der Waals surface area contributed by atoms with Gasteiger partial charge in [-0.2, -0.15) is 4.98 Å². The molecule has 0 spiro atoms. The molecular weight excluding hydrogens is 452 g/mol. The number of rotatable bonds is 4. The summed E-state index contributed by atoms with van der Waals surface area (Å²) < 4.78 is 1.63. The maximum atomic E-state index is 13.3. The van der Waals surface area contributed by atoms with Crippen LogP contribution in [0.2, 0.25) is 0 Å². The second-order valence-electron chi connectivity index (χ2n) is 9.59. The van der Waals surface area contributed by atoms with Gasteiger partial charge < -0.3 is 25.3 Å². The van der Waals surface area contributed by atoms with E-state index in [1.54, 1.807) is 17.8 Å². The highest BCUT2D eigenvalue weighted by molar-refractivity contribution is 5.80. The largest absolute Gasteiger partial charge is 0.369 e. The van der Waals surface area contributed by atoms with E-state index in [1.807, 2.05) is 19.9 Å². The summed E-state index contributed by atoms with van der Waals surface area (Å²) in [7, 11) is 3.95. The molecule has 194 valence electrons. The van der Waals surface area contributed by atoms with E-state index in [9.17, 15) is 4.79 Å². The molecule has 3 aromatic rings. The van der Waals surface area contributed by atoms with Gasteiger partial charge in [0.1, 0.15) is 11.3 Å². The van der Waals surface area contributed by atoms with Gasteiger partial charge in [0.2, 0.25) is 5.95 Å². The Hall–Kier alpha value is -3.17. The number of aryl methyl sites for hydroxylation is 1. The first-order valence-electron chi connectivity index (χ1n) is 13.1. The van der Waals surface area contributed by atoms with Crippen LogP contribution in [-0.2, 0) is 7.05 Å². The molecule has 9 heteroatoms. The Kier molecular flexibility index (Phi) is 8.11. The van der Waals surface area contributed by atoms with E-state index in [1.165, 1.54) is 5.69 Å². The van der Waals surface area contributed by atoms with Crippen molar-refractivity contribution in [3.63, 3.8) is 0 Å². The smallest absolute Gasteiger partial charge is 0.275 e. The first kappa shape index (κ1) is 25.9. The summed E-state index contributed by atoms with van der Waals surface area (Å²) in [6, 6.07) is 10.8. The molecule has 0 bridgehead atoms. The number of likely N-dealkylation sites (N-methyl/N-ethyl adjacent to an activating group) is 1. The minimum absolute atomic E-state index is 0.0331. The standard InChI is InChI=1S/C25H34N8O.C2H6/c1-17-14-26-15-18(2)33(17)22-13-19-16-27-25(29-23(19)31(4)24(22)34)28-20-5-7-21(8-6-20)32-11-9-30(3)10-12-32;1-2/h5-8,13,16-18,26H,9-12,14-15H2,1-4H3,(H,27,28,29);1-2H3. The maximum Gasteiger partial charge on any atom is 0.275 e. The molecule has 0 saturated carbocycles. The van der Waals surface area contributed by atoms with E-state index in [0.717, 1.165) is 50.3 Å². The van der Waals surface area contributed by atoms with Crippen LogP contribution in [0.4, 0.5) is 23.0 Å². The molecular formula is C27H40N8O. The van der Waals surface area contributed by atoms with Gasteiger partial charge in [0.05, 0.1) is 0 Å². The summed E-state index contributed by atoms with van der Waals surface area (Å²) in [5.74, 6) is 0.478. The minimum Gasteiger partial charge on any atom is -0.369 e. The lowest BCUT2D eigenvalue weighted by molar-refractivity contribution is 0.313. The second-order valence-corrected chi connectivity index (χ2v) is 9.59. The monoisotopic (exact) mass is 492 g/mol. The Balaban J connectivity index is 0.00000148. The van der Waals surface area contributed by atoms with Crippen LogP contribution in [0.3, 0.4) is 0 Å². The van der Waals surface area contributed by atoms with Crippen LogP contribution < -0.4 is 26.0 Å². The lowest BCUT2D eigenvalue weighted by atomic mass is 10.1. The molecule has 2 atom stereocenters. The molecule has 2 aliphatic heterocycles. The number of anilines is 4. The van der Waals surface area contributed by atoms with Crippen molar-refractivity contribution in [2.75, 3.05) is 61.4 Å². The number of benzene rings is 1. The minimum atomic E-state index is -0.0331. The van der Waals surface area contributed by atoms with E-state index in [-0.39, 0.29) is 17.6 Å². The van der Waals surface area contributed by atoms with Crippen molar-refractivity contribution in [3.05, 3.63) is 46.9 Å². The van der Waals surface area contributed by atoms with Gasteiger partial charge >= 0.3 is 0 Å². The summed E-state index contributed by atoms with van der Waals surface area (Å²) in [5, 5.41) is 7.56. The second kappa shape index (κ2) is 11.3. The van der Waals surface area contributed by atoms with Gasteiger partial charge in [-0.3, -0.25) is 9.36 Å². The fourth-order valence-electron chi connectivity index (χ4n) is 5.03. The lowest BCUT2D eigenvalue weighted by Crippen LogP contribution is -2.56. The van der Waals surface area contributed by atoms with E-state index in [2.05, 4.69) is 80.5 Å². The summed E-state index contributed by atoms with van der Waals surface area (Å²) >= 11 is 0. The number of piperazine rings is 2. The summed E-state index contributed by atoms with van der Waals surface area (Å²) in [6.45, 7) is 14.2. The Morgan fingerprint density at radius 2 is 1.61 bits per heavy atom. The van der Waals surface area contributed by atoms with Crippen molar-refractivity contribution < 1.29 is 0 Å². The molecule has 2 saturated heterocycles. The molecule has 5 rings (SSSR count). The first-order valence-corrected chi connectivity index (χ1v) is 13.1. The van der Waals surface area contributed by atoms with E-state index < -0.39 is 0 Å². The molecule has 9 nitrogen and oxygen atoms in total. The number of pyridine rings is 1. The van der Waals surface area contributed by atoms with Gasteiger partial charge in [-0.25, -0.2) is 4.98 Å². The number of nitrogens with zero attached hydrogens (tertiary/aromatic N) is 6. The molecule has 2 aliphatic rings. The zero-order valence-electron chi connectivity index (χ0n) is 22.5. The number of hydrogen-bond donors (Lipinski definition) is 2. The number of aromatic nitrogens is 3. The Bertz CT molecular complexity index is 1210. The Morgan fingerprint density at radius 1 is 0.972 bits per heavy atom. The van der Waals surface area contributed by atoms with E-state index in [0.29, 0.717) is 17.3 Å². The highest BCUT2D eigenvalue weighted by Crippen LogP contribution is 2.24. The van der Waals surface area contributed by atoms with Crippen molar-refractivity contribution in [2.24, 2.45) is 7.05 Å². The van der Waals surface area contributed by atoms with Crippen LogP contribution in [0.5, 0.6) is 0 Å². The highest BCUT2D eigenvalue weighted by Gasteiger charge is 2.27. The molecule has 2 N–H and O–H groups in total. The van der Waals surface area contributed by atoms with Crippen molar-refractivity contribution in [1.29, 1.82) is 0 Å². The average molecular weight is 493 g/mol. The third-order valence-electron chi connectivity index (χ3n) is 7.03. The van der Waals surface area contributed by atoms with Crippen LogP contribution in [0.15, 0.2) is 41.3 Å². The predicted molar refractivity (Wildman–Crippen MR) is 150 cm³/mol. The van der Waals surface area contributed by atoms with Crippen LogP contribution in [0.25, 0.3) is 11.0 Å². The summed E-state index contributed by atoms with van der Waals surface area (Å²) in [5.41, 5.74) is 3.44. The van der Waals surface area contributed by atoms with E-state index in [4.69, 9.17) is 0 Å². The zero-order valence-corrected chi connectivity index (χ0v) is 22.5. The summed E-state index contributed by atoms with van der Waals surface area (Å²) in [6.07, 6.45) is 1.80. The molecule has 0 aliphatic carbocycles. The third kappa shape index (κ3) is 5.32. The molecule has 2 unspecified atom stereocenters. The SMILES string of the molecule is CC.CC1CNCC(C)N1c1cc2cnc(Nc3ccc(N4CCN(C)CC4)cc3)nc2n(C)c1=O. The molecule has 0 amide bonds. The van der Waals surface area contributed by atoms with Crippen molar-refractivity contribution in [1.82, 2.24) is 24.8 Å². The molecule has 2 fully saturated rings. The van der Waals surface area contributed by atoms with Gasteiger partial charge in [-0.1, -0.05) is 13.8 Å². The van der Waals surface area contributed by atoms with Gasteiger partial charge in [-0.05, 0) is 51.2 Å². The van der Waals surface area contributed by atoms with Gasteiger partial charge in [0.25, 0.3) is 5.56 Å². The number of fused-ring (bicyclic) bond motifs is 1. The molecule has 36 heavy (non-hydrogen) atoms. The van der Waals surface area contributed by atoms with Crippen molar-refractivity contribution in [2.45, 2.75) is 39.8 Å². The van der Waals surface area contributed by atoms with Crippen LogP contribution in [0.1, 0.15) is 27.7 Å². The van der Waals surface area contributed by atoms with Crippen molar-refractivity contribution >= 4 is 34.0 Å². The fraction of sp³-hybridized carbons (Fsp3) is 0.519. The quantitative estimate of drug-likeness (QED) is 0.575. The van der Waals surface area contributed by atoms with Crippen LogP contribution in [0, 0.1) is 0 Å². The van der Waals surface area contributed by atoms with Gasteiger partial charge in [-0.15, -0.1) is 0 Å². The normalized spacial score (nSPS) is 20.7. The molecule has 1 aromatic carbocycles. The molecule has 2 aromatic heterocycles. The van der Waals surface area contributed by atoms with Gasteiger partial charge in [0.15, 0.2) is 0 Å². The number of nitrogens with one attached hydrogen (secondary N) is 2. The molecule has 0 radical (unpaired) electrons. The summed E-state index contributed by atoms with van der Waals surface area (Å²) in [4.78, 5) is 29.4. The van der Waals surface area contributed by atoms with Gasteiger partial charge in [0, 0.05) is 81.4 Å². The Labute approximate surface area is 214 Å². The predicted octanol–water partition coefficient (Wildman–Crippen LogP) is 3.04.